The summed E-state index contributed by atoms with van der Waals surface area (Å²) < 4.78 is 67.8. The Morgan fingerprint density at radius 3 is 2.30 bits per heavy atom. The zero-order valence-corrected chi connectivity index (χ0v) is 13.9. The number of halogens is 5. The van der Waals surface area contributed by atoms with E-state index in [0.29, 0.717) is 5.56 Å². The molecule has 0 spiro atoms. The van der Waals surface area contributed by atoms with Gasteiger partial charge in [-0.2, -0.15) is 13.2 Å². The summed E-state index contributed by atoms with van der Waals surface area (Å²) in [5, 5.41) is -0.254. The van der Waals surface area contributed by atoms with Crippen LogP contribution in [0.25, 0.3) is 0 Å². The Hall–Kier alpha value is -0.820. The summed E-state index contributed by atoms with van der Waals surface area (Å²) in [6, 6.07) is 2.57. The Bertz CT molecular complexity index is 600. The molecule has 1 aromatic rings. The second-order valence-corrected chi connectivity index (χ2v) is 7.40. The van der Waals surface area contributed by atoms with Gasteiger partial charge in [-0.3, -0.25) is 4.57 Å². The molecular formula is C13H16ClF4O4P. The fourth-order valence-electron chi connectivity index (χ4n) is 1.83. The van der Waals surface area contributed by atoms with Crippen molar-refractivity contribution in [2.45, 2.75) is 25.9 Å². The first-order valence-corrected chi connectivity index (χ1v) is 8.72. The van der Waals surface area contributed by atoms with Crippen LogP contribution in [0.3, 0.4) is 0 Å². The summed E-state index contributed by atoms with van der Waals surface area (Å²) in [6.07, 6.45) is -6.32. The van der Waals surface area contributed by atoms with E-state index < -0.39 is 44.0 Å². The van der Waals surface area contributed by atoms with E-state index in [4.69, 9.17) is 26.1 Å². The van der Waals surface area contributed by atoms with Gasteiger partial charge in [-0.05, 0) is 17.5 Å². The molecule has 0 aliphatic heterocycles. The SMILES string of the molecule is CC(C)c1ccc(OC[C@H](CP(=O)(O)O)C(F)(F)F)c(F)c1Cl. The quantitative estimate of drug-likeness (QED) is 0.571. The Morgan fingerprint density at radius 2 is 1.87 bits per heavy atom. The zero-order chi connectivity index (χ0) is 18.0. The molecule has 0 saturated carbocycles. The molecule has 0 amide bonds. The van der Waals surface area contributed by atoms with Crippen LogP contribution in [-0.2, 0) is 4.57 Å². The summed E-state index contributed by atoms with van der Waals surface area (Å²) in [5.41, 5.74) is 0.471. The molecule has 0 bridgehead atoms. The van der Waals surface area contributed by atoms with E-state index in [2.05, 4.69) is 0 Å². The molecular weight excluding hydrogens is 363 g/mol. The Kier molecular flexibility index (Phi) is 6.49. The van der Waals surface area contributed by atoms with E-state index in [-0.39, 0.29) is 10.9 Å². The normalized spacial score (nSPS) is 14.2. The van der Waals surface area contributed by atoms with E-state index in [1.54, 1.807) is 13.8 Å². The Morgan fingerprint density at radius 1 is 1.30 bits per heavy atom. The smallest absolute Gasteiger partial charge is 0.395 e. The van der Waals surface area contributed by atoms with Crippen LogP contribution in [0.4, 0.5) is 17.6 Å². The standard InChI is InChI=1S/C13H16ClF4O4P/c1-7(2)9-3-4-10(12(15)11(9)14)22-5-8(13(16,17)18)6-23(19,20)21/h3-4,7-8H,5-6H2,1-2H3,(H2,19,20,21)/t8-/m1/s1. The Labute approximate surface area is 135 Å². The summed E-state index contributed by atoms with van der Waals surface area (Å²) in [6.45, 7) is 2.41. The maximum atomic E-state index is 14.0. The molecule has 0 aliphatic rings. The van der Waals surface area contributed by atoms with Crippen molar-refractivity contribution in [2.75, 3.05) is 12.8 Å². The highest BCUT2D eigenvalue weighted by Crippen LogP contribution is 2.42. The third-order valence-corrected chi connectivity index (χ3v) is 4.36. The van der Waals surface area contributed by atoms with Crippen molar-refractivity contribution >= 4 is 19.2 Å². The van der Waals surface area contributed by atoms with E-state index in [1.165, 1.54) is 6.07 Å². The van der Waals surface area contributed by atoms with Gasteiger partial charge in [0.15, 0.2) is 11.6 Å². The van der Waals surface area contributed by atoms with Crippen molar-refractivity contribution in [1.29, 1.82) is 0 Å². The minimum absolute atomic E-state index is 0.0939. The van der Waals surface area contributed by atoms with E-state index in [0.717, 1.165) is 6.07 Å². The number of ether oxygens (including phenoxy) is 1. The summed E-state index contributed by atoms with van der Waals surface area (Å²) >= 11 is 5.80. The predicted octanol–water partition coefficient (Wildman–Crippen LogP) is 4.34. The van der Waals surface area contributed by atoms with E-state index in [1.807, 2.05) is 0 Å². The highest BCUT2D eigenvalue weighted by Gasteiger charge is 2.44. The first kappa shape index (κ1) is 20.2. The lowest BCUT2D eigenvalue weighted by molar-refractivity contribution is -0.176. The maximum absolute atomic E-state index is 14.0. The molecule has 2 N–H and O–H groups in total. The van der Waals surface area contributed by atoms with Gasteiger partial charge in [0.2, 0.25) is 0 Å². The van der Waals surface area contributed by atoms with Crippen LogP contribution in [0.1, 0.15) is 25.3 Å². The number of hydrogen-bond donors (Lipinski definition) is 2. The monoisotopic (exact) mass is 378 g/mol. The molecule has 0 saturated heterocycles. The summed E-state index contributed by atoms with van der Waals surface area (Å²) in [5.74, 6) is -4.02. The number of alkyl halides is 3. The number of rotatable bonds is 6. The van der Waals surface area contributed by atoms with Gasteiger partial charge in [0.05, 0.1) is 11.2 Å². The Balaban J connectivity index is 2.95. The van der Waals surface area contributed by atoms with Crippen molar-refractivity contribution in [1.82, 2.24) is 0 Å². The number of hydrogen-bond acceptors (Lipinski definition) is 2. The maximum Gasteiger partial charge on any atom is 0.395 e. The van der Waals surface area contributed by atoms with Crippen molar-refractivity contribution in [3.8, 4) is 5.75 Å². The van der Waals surface area contributed by atoms with Crippen LogP contribution >= 0.6 is 19.2 Å². The molecule has 0 unspecified atom stereocenters. The van der Waals surface area contributed by atoms with Crippen molar-refractivity contribution in [2.24, 2.45) is 5.92 Å². The molecule has 0 aromatic heterocycles. The molecule has 0 fully saturated rings. The fraction of sp³-hybridized carbons (Fsp3) is 0.538. The van der Waals surface area contributed by atoms with Gasteiger partial charge in [0, 0.05) is 0 Å². The van der Waals surface area contributed by atoms with Gasteiger partial charge < -0.3 is 14.5 Å². The highest BCUT2D eigenvalue weighted by atomic mass is 35.5. The largest absolute Gasteiger partial charge is 0.490 e. The highest BCUT2D eigenvalue weighted by molar-refractivity contribution is 7.51. The van der Waals surface area contributed by atoms with Gasteiger partial charge in [-0.25, -0.2) is 4.39 Å². The van der Waals surface area contributed by atoms with Gasteiger partial charge in [0.1, 0.15) is 12.5 Å². The molecule has 0 radical (unpaired) electrons. The van der Waals surface area contributed by atoms with Crippen LogP contribution in [0.2, 0.25) is 5.02 Å². The fourth-order valence-corrected chi connectivity index (χ4v) is 3.09. The summed E-state index contributed by atoms with van der Waals surface area (Å²) in [4.78, 5) is 17.4. The van der Waals surface area contributed by atoms with Gasteiger partial charge in [-0.15, -0.1) is 0 Å². The van der Waals surface area contributed by atoms with Crippen LogP contribution in [-0.4, -0.2) is 28.7 Å². The third-order valence-electron chi connectivity index (χ3n) is 3.06. The van der Waals surface area contributed by atoms with Crippen LogP contribution in [0.15, 0.2) is 12.1 Å². The molecule has 1 aromatic carbocycles. The van der Waals surface area contributed by atoms with Gasteiger partial charge in [-0.1, -0.05) is 31.5 Å². The molecule has 1 atom stereocenters. The topological polar surface area (TPSA) is 66.8 Å². The lowest BCUT2D eigenvalue weighted by atomic mass is 10.0. The first-order valence-electron chi connectivity index (χ1n) is 6.55. The minimum atomic E-state index is -4.90. The third kappa shape index (κ3) is 5.95. The van der Waals surface area contributed by atoms with Crippen LogP contribution in [0, 0.1) is 11.7 Å². The second-order valence-electron chi connectivity index (χ2n) is 5.33. The molecule has 23 heavy (non-hydrogen) atoms. The van der Waals surface area contributed by atoms with E-state index in [9.17, 15) is 22.1 Å². The molecule has 0 heterocycles. The first-order chi connectivity index (χ1) is 10.3. The van der Waals surface area contributed by atoms with Gasteiger partial charge in [0.25, 0.3) is 0 Å². The zero-order valence-electron chi connectivity index (χ0n) is 12.3. The second kappa shape index (κ2) is 7.38. The minimum Gasteiger partial charge on any atom is -0.490 e. The average molecular weight is 379 g/mol. The molecule has 1 rings (SSSR count). The summed E-state index contributed by atoms with van der Waals surface area (Å²) in [7, 11) is -4.90. The lowest BCUT2D eigenvalue weighted by Gasteiger charge is -2.21. The van der Waals surface area contributed by atoms with Crippen molar-refractivity contribution < 1.29 is 36.7 Å². The molecule has 0 aliphatic carbocycles. The van der Waals surface area contributed by atoms with Crippen LogP contribution < -0.4 is 4.74 Å². The number of benzene rings is 1. The average Bonchev–Trinajstić information content (AvgIpc) is 2.36. The molecule has 10 heteroatoms. The van der Waals surface area contributed by atoms with Crippen molar-refractivity contribution in [3.63, 3.8) is 0 Å². The van der Waals surface area contributed by atoms with Gasteiger partial charge >= 0.3 is 13.8 Å². The molecule has 4 nitrogen and oxygen atoms in total. The predicted molar refractivity (Wildman–Crippen MR) is 77.5 cm³/mol. The molecule has 132 valence electrons. The lowest BCUT2D eigenvalue weighted by Crippen LogP contribution is -2.32. The van der Waals surface area contributed by atoms with E-state index >= 15 is 0 Å². The van der Waals surface area contributed by atoms with Crippen molar-refractivity contribution in [3.05, 3.63) is 28.5 Å². The van der Waals surface area contributed by atoms with Crippen LogP contribution in [0.5, 0.6) is 5.75 Å².